The van der Waals surface area contributed by atoms with Crippen LogP contribution in [0.4, 0.5) is 5.69 Å². The molecule has 1 unspecified atom stereocenters. The Morgan fingerprint density at radius 2 is 1.93 bits per heavy atom. The third-order valence-corrected chi connectivity index (χ3v) is 5.84. The van der Waals surface area contributed by atoms with Crippen molar-refractivity contribution in [1.29, 1.82) is 0 Å². The number of nitrogens with one attached hydrogen (secondary N) is 2. The highest BCUT2D eigenvalue weighted by atomic mass is 32.1. The first-order valence-electron chi connectivity index (χ1n) is 10.3. The molecular weight excluding hydrogens is 394 g/mol. The van der Waals surface area contributed by atoms with Gasteiger partial charge in [-0.05, 0) is 74.1 Å². The molecule has 6 heteroatoms. The second-order valence-corrected chi connectivity index (χ2v) is 8.41. The number of H-pyrrole nitrogens is 1. The number of aryl methyl sites for hydroxylation is 2. The van der Waals surface area contributed by atoms with Crippen LogP contribution in [0, 0.1) is 13.8 Å². The minimum atomic E-state index is -0.0800. The van der Waals surface area contributed by atoms with E-state index in [9.17, 15) is 4.79 Å². The number of rotatable bonds is 5. The molecule has 0 spiro atoms. The average Bonchev–Trinajstić information content (AvgIpc) is 3.23. The van der Waals surface area contributed by atoms with Gasteiger partial charge in [0.1, 0.15) is 0 Å². The van der Waals surface area contributed by atoms with Crippen LogP contribution in [-0.4, -0.2) is 34.3 Å². The predicted molar refractivity (Wildman–Crippen MR) is 126 cm³/mol. The molecule has 0 radical (unpaired) electrons. The fraction of sp³-hybridized carbons (Fsp3) is 0.333. The van der Waals surface area contributed by atoms with Gasteiger partial charge in [0.15, 0.2) is 5.11 Å². The summed E-state index contributed by atoms with van der Waals surface area (Å²) in [7, 11) is 0. The summed E-state index contributed by atoms with van der Waals surface area (Å²) < 4.78 is 5.84. The van der Waals surface area contributed by atoms with E-state index in [0.29, 0.717) is 23.8 Å². The van der Waals surface area contributed by atoms with E-state index in [0.717, 1.165) is 41.6 Å². The molecule has 30 heavy (non-hydrogen) atoms. The van der Waals surface area contributed by atoms with Gasteiger partial charge in [0, 0.05) is 29.9 Å². The quantitative estimate of drug-likeness (QED) is 0.593. The zero-order valence-corrected chi connectivity index (χ0v) is 18.2. The molecule has 0 saturated carbocycles. The maximum atomic E-state index is 12.8. The van der Waals surface area contributed by atoms with Crippen LogP contribution < -0.4 is 10.9 Å². The van der Waals surface area contributed by atoms with E-state index >= 15 is 0 Å². The molecule has 0 bridgehead atoms. The lowest BCUT2D eigenvalue weighted by Crippen LogP contribution is -2.40. The molecule has 3 aromatic rings. The van der Waals surface area contributed by atoms with E-state index < -0.39 is 0 Å². The van der Waals surface area contributed by atoms with Crippen LogP contribution in [0.15, 0.2) is 53.3 Å². The van der Waals surface area contributed by atoms with Crippen molar-refractivity contribution in [2.75, 3.05) is 18.5 Å². The lowest BCUT2D eigenvalue weighted by Gasteiger charge is -2.28. The molecule has 1 aromatic heterocycles. The van der Waals surface area contributed by atoms with Gasteiger partial charge in [-0.3, -0.25) is 4.79 Å². The van der Waals surface area contributed by atoms with Crippen LogP contribution in [0.3, 0.4) is 0 Å². The van der Waals surface area contributed by atoms with Crippen LogP contribution in [0.5, 0.6) is 0 Å². The lowest BCUT2D eigenvalue weighted by atomic mass is 10.1. The van der Waals surface area contributed by atoms with Crippen molar-refractivity contribution in [3.63, 3.8) is 0 Å². The number of thiocarbonyl (C=S) groups is 1. The number of aromatic nitrogens is 1. The molecule has 1 fully saturated rings. The standard InChI is InChI=1S/C24H27N3O2S/c1-16-6-9-20(10-7-16)25-24(30)27(15-21-4-3-11-29-21)14-19-13-18-8-5-17(2)12-22(18)26-23(19)28/h5-10,12-13,21H,3-4,11,14-15H2,1-2H3,(H,25,30)(H,26,28). The summed E-state index contributed by atoms with van der Waals surface area (Å²) in [5.74, 6) is 0. The molecule has 5 nitrogen and oxygen atoms in total. The molecule has 2 heterocycles. The summed E-state index contributed by atoms with van der Waals surface area (Å²) >= 11 is 5.73. The Morgan fingerprint density at radius 1 is 1.17 bits per heavy atom. The number of pyridine rings is 1. The fourth-order valence-electron chi connectivity index (χ4n) is 3.78. The van der Waals surface area contributed by atoms with Crippen molar-refractivity contribution in [1.82, 2.24) is 9.88 Å². The van der Waals surface area contributed by atoms with E-state index in [2.05, 4.69) is 23.3 Å². The highest BCUT2D eigenvalue weighted by Gasteiger charge is 2.22. The lowest BCUT2D eigenvalue weighted by molar-refractivity contribution is 0.0904. The third kappa shape index (κ3) is 4.89. The van der Waals surface area contributed by atoms with Gasteiger partial charge in [0.25, 0.3) is 5.56 Å². The second-order valence-electron chi connectivity index (χ2n) is 8.03. The van der Waals surface area contributed by atoms with Gasteiger partial charge in [0.2, 0.25) is 0 Å². The van der Waals surface area contributed by atoms with Gasteiger partial charge >= 0.3 is 0 Å². The van der Waals surface area contributed by atoms with Crippen molar-refractivity contribution < 1.29 is 4.74 Å². The number of hydrogen-bond donors (Lipinski definition) is 2. The Balaban J connectivity index is 1.58. The van der Waals surface area contributed by atoms with Gasteiger partial charge < -0.3 is 19.9 Å². The van der Waals surface area contributed by atoms with E-state index in [1.54, 1.807) is 0 Å². The molecule has 0 aliphatic carbocycles. The molecule has 1 aliphatic heterocycles. The SMILES string of the molecule is Cc1ccc(NC(=S)N(Cc2cc3ccc(C)cc3[nH]c2=O)CC2CCCO2)cc1. The summed E-state index contributed by atoms with van der Waals surface area (Å²) in [6.45, 7) is 5.94. The molecular formula is C24H27N3O2S. The molecule has 0 amide bonds. The summed E-state index contributed by atoms with van der Waals surface area (Å²) in [4.78, 5) is 17.8. The van der Waals surface area contributed by atoms with Crippen LogP contribution in [0.2, 0.25) is 0 Å². The molecule has 4 rings (SSSR count). The van der Waals surface area contributed by atoms with Crippen molar-refractivity contribution >= 4 is 33.9 Å². The van der Waals surface area contributed by atoms with Crippen LogP contribution in [0.25, 0.3) is 10.9 Å². The number of fused-ring (bicyclic) bond motifs is 1. The number of ether oxygens (including phenoxy) is 1. The summed E-state index contributed by atoms with van der Waals surface area (Å²) in [5, 5.41) is 4.93. The maximum absolute atomic E-state index is 12.8. The fourth-order valence-corrected chi connectivity index (χ4v) is 4.03. The summed E-state index contributed by atoms with van der Waals surface area (Å²) in [5.41, 5.74) is 4.72. The van der Waals surface area contributed by atoms with E-state index in [-0.39, 0.29) is 11.7 Å². The zero-order chi connectivity index (χ0) is 21.1. The first-order chi connectivity index (χ1) is 14.5. The Hall–Kier alpha value is -2.70. The Labute approximate surface area is 182 Å². The van der Waals surface area contributed by atoms with Gasteiger partial charge in [0.05, 0.1) is 12.6 Å². The van der Waals surface area contributed by atoms with Crippen molar-refractivity contribution in [2.45, 2.75) is 39.3 Å². The number of hydrogen-bond acceptors (Lipinski definition) is 3. The van der Waals surface area contributed by atoms with Gasteiger partial charge in [-0.2, -0.15) is 0 Å². The largest absolute Gasteiger partial charge is 0.376 e. The monoisotopic (exact) mass is 421 g/mol. The molecule has 156 valence electrons. The summed E-state index contributed by atoms with van der Waals surface area (Å²) in [6, 6.07) is 16.2. The minimum Gasteiger partial charge on any atom is -0.376 e. The smallest absolute Gasteiger partial charge is 0.253 e. The van der Waals surface area contributed by atoms with Crippen molar-refractivity contribution in [3.8, 4) is 0 Å². The number of nitrogens with zero attached hydrogens (tertiary/aromatic N) is 1. The Morgan fingerprint density at radius 3 is 2.67 bits per heavy atom. The Bertz CT molecular complexity index is 1100. The number of aromatic amines is 1. The highest BCUT2D eigenvalue weighted by Crippen LogP contribution is 2.18. The maximum Gasteiger partial charge on any atom is 0.253 e. The summed E-state index contributed by atoms with van der Waals surface area (Å²) in [6.07, 6.45) is 2.20. The zero-order valence-electron chi connectivity index (χ0n) is 17.4. The van der Waals surface area contributed by atoms with Crippen LogP contribution >= 0.6 is 12.2 Å². The molecule has 2 N–H and O–H groups in total. The van der Waals surface area contributed by atoms with Gasteiger partial charge in [-0.25, -0.2) is 0 Å². The minimum absolute atomic E-state index is 0.0800. The first kappa shape index (κ1) is 20.6. The number of anilines is 1. The predicted octanol–water partition coefficient (Wildman–Crippen LogP) is 4.52. The molecule has 1 atom stereocenters. The van der Waals surface area contributed by atoms with Crippen LogP contribution in [-0.2, 0) is 11.3 Å². The van der Waals surface area contributed by atoms with Crippen molar-refractivity contribution in [2.24, 2.45) is 0 Å². The highest BCUT2D eigenvalue weighted by molar-refractivity contribution is 7.80. The van der Waals surface area contributed by atoms with Gasteiger partial charge in [-0.15, -0.1) is 0 Å². The van der Waals surface area contributed by atoms with Gasteiger partial charge in [-0.1, -0.05) is 29.8 Å². The molecule has 1 saturated heterocycles. The normalized spacial score (nSPS) is 16.0. The topological polar surface area (TPSA) is 57.4 Å². The molecule has 2 aromatic carbocycles. The Kier molecular flexibility index (Phi) is 6.16. The average molecular weight is 422 g/mol. The number of benzene rings is 2. The van der Waals surface area contributed by atoms with E-state index in [1.165, 1.54) is 5.56 Å². The van der Waals surface area contributed by atoms with E-state index in [4.69, 9.17) is 17.0 Å². The van der Waals surface area contributed by atoms with Crippen LogP contribution in [0.1, 0.15) is 29.5 Å². The van der Waals surface area contributed by atoms with E-state index in [1.807, 2.05) is 54.3 Å². The second kappa shape index (κ2) is 8.98. The molecule has 1 aliphatic rings. The third-order valence-electron chi connectivity index (χ3n) is 5.48. The first-order valence-corrected chi connectivity index (χ1v) is 10.8. The van der Waals surface area contributed by atoms with Crippen molar-refractivity contribution in [3.05, 3.63) is 75.6 Å².